The Kier molecular flexibility index (Phi) is 5.30. The number of rotatable bonds is 2. The molecule has 1 aliphatic heterocycles. The van der Waals surface area contributed by atoms with Crippen LogP contribution in [-0.4, -0.2) is 28.3 Å². The molecule has 1 N–H and O–H groups in total. The summed E-state index contributed by atoms with van der Waals surface area (Å²) in [6.07, 6.45) is -0.750. The zero-order valence-corrected chi connectivity index (χ0v) is 15.9. The average Bonchev–Trinajstić information content (AvgIpc) is 2.84. The molecule has 25 heavy (non-hydrogen) atoms. The summed E-state index contributed by atoms with van der Waals surface area (Å²) in [5, 5.41) is 2.75. The molecule has 6 heteroatoms. The van der Waals surface area contributed by atoms with Crippen LogP contribution >= 0.6 is 0 Å². The molecule has 0 saturated carbocycles. The van der Waals surface area contributed by atoms with Crippen LogP contribution in [0.1, 0.15) is 58.2 Å². The van der Waals surface area contributed by atoms with Gasteiger partial charge in [-0.25, -0.2) is 9.59 Å². The van der Waals surface area contributed by atoms with Crippen molar-refractivity contribution in [3.8, 4) is 0 Å². The minimum Gasteiger partial charge on any atom is -0.444 e. The first kappa shape index (κ1) is 19.1. The zero-order chi connectivity index (χ0) is 18.8. The lowest BCUT2D eigenvalue weighted by molar-refractivity contribution is 0.0241. The van der Waals surface area contributed by atoms with E-state index in [2.05, 4.69) is 5.32 Å². The Morgan fingerprint density at radius 1 is 1.00 bits per heavy atom. The predicted octanol–water partition coefficient (Wildman–Crippen LogP) is 3.96. The van der Waals surface area contributed by atoms with E-state index in [1.807, 2.05) is 59.7 Å². The fourth-order valence-electron chi connectivity index (χ4n) is 2.50. The third-order valence-electron chi connectivity index (χ3n) is 3.48. The topological polar surface area (TPSA) is 67.9 Å². The largest absolute Gasteiger partial charge is 0.444 e. The number of nitrogens with one attached hydrogen (secondary N) is 1. The standard InChI is InChI=1S/C19H28N2O4/c1-18(2,3)24-16(22)20-10-13-7-8-14-11-21(12-15(14)9-13)17(23)25-19(4,5)6/h7-9H,10-12H2,1-6H3,(H,20,22). The number of fused-ring (bicyclic) bond motifs is 1. The molecule has 0 saturated heterocycles. The van der Waals surface area contributed by atoms with Crippen LogP contribution in [-0.2, 0) is 29.1 Å². The van der Waals surface area contributed by atoms with Gasteiger partial charge >= 0.3 is 12.2 Å². The second-order valence-corrected chi connectivity index (χ2v) is 8.29. The number of amides is 2. The SMILES string of the molecule is CC(C)(C)OC(=O)NCc1ccc2c(c1)CN(C(=O)OC(C)(C)C)C2. The third kappa shape index (κ3) is 5.96. The van der Waals surface area contributed by atoms with Crippen molar-refractivity contribution in [3.63, 3.8) is 0 Å². The molecule has 2 rings (SSSR count). The molecular formula is C19H28N2O4. The Morgan fingerprint density at radius 3 is 2.20 bits per heavy atom. The van der Waals surface area contributed by atoms with Crippen LogP contribution in [0.25, 0.3) is 0 Å². The van der Waals surface area contributed by atoms with Crippen LogP contribution in [0.5, 0.6) is 0 Å². The van der Waals surface area contributed by atoms with Gasteiger partial charge in [0.05, 0.1) is 0 Å². The van der Waals surface area contributed by atoms with Gasteiger partial charge in [-0.05, 0) is 58.2 Å². The van der Waals surface area contributed by atoms with E-state index >= 15 is 0 Å². The summed E-state index contributed by atoms with van der Waals surface area (Å²) in [4.78, 5) is 25.6. The van der Waals surface area contributed by atoms with Crippen LogP contribution in [0.15, 0.2) is 18.2 Å². The Labute approximate surface area is 149 Å². The number of ether oxygens (including phenoxy) is 2. The average molecular weight is 348 g/mol. The molecule has 0 atom stereocenters. The molecule has 2 amide bonds. The van der Waals surface area contributed by atoms with Crippen molar-refractivity contribution in [2.24, 2.45) is 0 Å². The van der Waals surface area contributed by atoms with Gasteiger partial charge < -0.3 is 14.8 Å². The Hall–Kier alpha value is -2.24. The summed E-state index contributed by atoms with van der Waals surface area (Å²) in [6.45, 7) is 12.5. The maximum absolute atomic E-state index is 12.2. The molecule has 0 aromatic heterocycles. The van der Waals surface area contributed by atoms with Gasteiger partial charge in [0.25, 0.3) is 0 Å². The van der Waals surface area contributed by atoms with Gasteiger partial charge in [-0.1, -0.05) is 18.2 Å². The van der Waals surface area contributed by atoms with Crippen LogP contribution in [0, 0.1) is 0 Å². The molecular weight excluding hydrogens is 320 g/mol. The third-order valence-corrected chi connectivity index (χ3v) is 3.48. The van der Waals surface area contributed by atoms with E-state index in [1.54, 1.807) is 4.90 Å². The summed E-state index contributed by atoms with van der Waals surface area (Å²) < 4.78 is 10.6. The maximum Gasteiger partial charge on any atom is 0.410 e. The highest BCUT2D eigenvalue weighted by atomic mass is 16.6. The summed E-state index contributed by atoms with van der Waals surface area (Å²) in [5.41, 5.74) is 2.13. The van der Waals surface area contributed by atoms with E-state index in [-0.39, 0.29) is 6.09 Å². The van der Waals surface area contributed by atoms with Gasteiger partial charge in [0.1, 0.15) is 11.2 Å². The Balaban J connectivity index is 1.93. The van der Waals surface area contributed by atoms with E-state index in [1.165, 1.54) is 0 Å². The van der Waals surface area contributed by atoms with Crippen molar-refractivity contribution < 1.29 is 19.1 Å². The molecule has 0 fully saturated rings. The molecule has 0 unspecified atom stereocenters. The van der Waals surface area contributed by atoms with Crippen LogP contribution < -0.4 is 5.32 Å². The molecule has 138 valence electrons. The lowest BCUT2D eigenvalue weighted by Crippen LogP contribution is -2.33. The van der Waals surface area contributed by atoms with Crippen LogP contribution in [0.2, 0.25) is 0 Å². The van der Waals surface area contributed by atoms with Crippen molar-refractivity contribution in [2.75, 3.05) is 0 Å². The fourth-order valence-corrected chi connectivity index (χ4v) is 2.50. The van der Waals surface area contributed by atoms with Crippen LogP contribution in [0.4, 0.5) is 9.59 Å². The normalized spacial score (nSPS) is 14.1. The number of carbonyl (C=O) groups excluding carboxylic acids is 2. The number of nitrogens with zero attached hydrogens (tertiary/aromatic N) is 1. The van der Waals surface area contributed by atoms with Crippen LogP contribution in [0.3, 0.4) is 0 Å². The Morgan fingerprint density at radius 2 is 1.60 bits per heavy atom. The first-order valence-electron chi connectivity index (χ1n) is 8.48. The molecule has 1 aromatic rings. The minimum absolute atomic E-state index is 0.308. The number of alkyl carbamates (subject to hydrolysis) is 1. The minimum atomic E-state index is -0.518. The quantitative estimate of drug-likeness (QED) is 0.878. The highest BCUT2D eigenvalue weighted by Gasteiger charge is 2.27. The molecule has 0 aliphatic carbocycles. The number of benzene rings is 1. The smallest absolute Gasteiger partial charge is 0.410 e. The molecule has 1 aliphatic rings. The maximum atomic E-state index is 12.2. The monoisotopic (exact) mass is 348 g/mol. The molecule has 0 spiro atoms. The first-order valence-corrected chi connectivity index (χ1v) is 8.48. The number of carbonyl (C=O) groups is 2. The molecule has 0 bridgehead atoms. The van der Waals surface area contributed by atoms with E-state index in [0.717, 1.165) is 16.7 Å². The number of hydrogen-bond donors (Lipinski definition) is 1. The van der Waals surface area contributed by atoms with Crippen molar-refractivity contribution in [1.82, 2.24) is 10.2 Å². The first-order chi connectivity index (χ1) is 11.4. The Bertz CT molecular complexity index is 656. The lowest BCUT2D eigenvalue weighted by Gasteiger charge is -2.24. The van der Waals surface area contributed by atoms with E-state index in [4.69, 9.17) is 9.47 Å². The van der Waals surface area contributed by atoms with Gasteiger partial charge in [-0.2, -0.15) is 0 Å². The van der Waals surface area contributed by atoms with Gasteiger partial charge in [-0.3, -0.25) is 4.90 Å². The number of hydrogen-bond acceptors (Lipinski definition) is 4. The summed E-state index contributed by atoms with van der Waals surface area (Å²) in [6, 6.07) is 5.96. The van der Waals surface area contributed by atoms with E-state index in [9.17, 15) is 9.59 Å². The zero-order valence-electron chi connectivity index (χ0n) is 15.9. The van der Waals surface area contributed by atoms with E-state index in [0.29, 0.717) is 19.6 Å². The molecule has 0 radical (unpaired) electrons. The van der Waals surface area contributed by atoms with E-state index < -0.39 is 17.3 Å². The van der Waals surface area contributed by atoms with Gasteiger partial charge in [0, 0.05) is 19.6 Å². The molecule has 6 nitrogen and oxygen atoms in total. The van der Waals surface area contributed by atoms with Crippen molar-refractivity contribution in [3.05, 3.63) is 34.9 Å². The summed E-state index contributed by atoms with van der Waals surface area (Å²) in [5.74, 6) is 0. The summed E-state index contributed by atoms with van der Waals surface area (Å²) in [7, 11) is 0. The second kappa shape index (κ2) is 6.94. The molecule has 1 heterocycles. The van der Waals surface area contributed by atoms with Crippen molar-refractivity contribution in [1.29, 1.82) is 0 Å². The lowest BCUT2D eigenvalue weighted by atomic mass is 10.1. The highest BCUT2D eigenvalue weighted by molar-refractivity contribution is 5.69. The van der Waals surface area contributed by atoms with Gasteiger partial charge in [0.2, 0.25) is 0 Å². The second-order valence-electron chi connectivity index (χ2n) is 8.29. The van der Waals surface area contributed by atoms with Crippen molar-refractivity contribution >= 4 is 12.2 Å². The summed E-state index contributed by atoms with van der Waals surface area (Å²) >= 11 is 0. The van der Waals surface area contributed by atoms with Gasteiger partial charge in [0.15, 0.2) is 0 Å². The predicted molar refractivity (Wildman–Crippen MR) is 95.0 cm³/mol. The molecule has 1 aromatic carbocycles. The highest BCUT2D eigenvalue weighted by Crippen LogP contribution is 2.25. The fraction of sp³-hybridized carbons (Fsp3) is 0.579. The van der Waals surface area contributed by atoms with Gasteiger partial charge in [-0.15, -0.1) is 0 Å². The van der Waals surface area contributed by atoms with Crippen molar-refractivity contribution in [2.45, 2.75) is 72.4 Å².